The van der Waals surface area contributed by atoms with Crippen molar-refractivity contribution in [1.29, 1.82) is 0 Å². The molecular weight excluding hydrogens is 219 g/mol. The van der Waals surface area contributed by atoms with Gasteiger partial charge in [0.2, 0.25) is 0 Å². The first kappa shape index (κ1) is 10.3. The minimum absolute atomic E-state index is 0.182. The highest BCUT2D eigenvalue weighted by atomic mass is 19.1. The highest BCUT2D eigenvalue weighted by Gasteiger charge is 2.19. The van der Waals surface area contributed by atoms with Crippen LogP contribution in [-0.2, 0) is 12.8 Å². The van der Waals surface area contributed by atoms with Gasteiger partial charge in [0.15, 0.2) is 11.6 Å². The average molecular weight is 232 g/mol. The van der Waals surface area contributed by atoms with E-state index in [1.54, 1.807) is 12.1 Å². The number of hydrogen-bond acceptors (Lipinski definition) is 3. The molecule has 0 amide bonds. The number of fused-ring (bicyclic) bond motifs is 1. The third-order valence-corrected chi connectivity index (χ3v) is 3.26. The normalized spacial score (nSPS) is 14.6. The van der Waals surface area contributed by atoms with Crippen LogP contribution in [-0.4, -0.2) is 5.16 Å². The third kappa shape index (κ3) is 1.69. The lowest BCUT2D eigenvalue weighted by atomic mass is 9.89. The van der Waals surface area contributed by atoms with E-state index in [-0.39, 0.29) is 11.6 Å². The van der Waals surface area contributed by atoms with Gasteiger partial charge in [-0.25, -0.2) is 4.39 Å². The second-order valence-electron chi connectivity index (χ2n) is 4.39. The Hall–Kier alpha value is -1.84. The van der Waals surface area contributed by atoms with E-state index in [0.717, 1.165) is 36.8 Å². The summed E-state index contributed by atoms with van der Waals surface area (Å²) in [7, 11) is 0. The van der Waals surface area contributed by atoms with Crippen molar-refractivity contribution in [3.8, 4) is 11.3 Å². The first-order valence-corrected chi connectivity index (χ1v) is 5.78. The van der Waals surface area contributed by atoms with E-state index in [0.29, 0.717) is 11.3 Å². The fourth-order valence-electron chi connectivity index (χ4n) is 2.39. The van der Waals surface area contributed by atoms with Gasteiger partial charge in [-0.3, -0.25) is 0 Å². The standard InChI is InChI=1S/C13H13FN2O/c14-13-9-4-2-1-3-8(9)5-6-10(13)11-7-12(15)16-17-11/h5-7H,1-4H2,(H2,15,16). The van der Waals surface area contributed by atoms with Crippen LogP contribution in [0.5, 0.6) is 0 Å². The minimum Gasteiger partial charge on any atom is -0.381 e. The van der Waals surface area contributed by atoms with Crippen LogP contribution in [0.3, 0.4) is 0 Å². The molecule has 0 spiro atoms. The molecule has 2 aromatic rings. The van der Waals surface area contributed by atoms with Crippen molar-refractivity contribution in [2.75, 3.05) is 5.73 Å². The molecule has 0 fully saturated rings. The number of halogens is 1. The molecule has 0 saturated carbocycles. The molecule has 3 nitrogen and oxygen atoms in total. The van der Waals surface area contributed by atoms with Crippen LogP contribution >= 0.6 is 0 Å². The molecular formula is C13H13FN2O. The van der Waals surface area contributed by atoms with Gasteiger partial charge < -0.3 is 10.3 Å². The Balaban J connectivity index is 2.12. The molecule has 1 aliphatic rings. The first-order chi connectivity index (χ1) is 8.25. The Morgan fingerprint density at radius 2 is 2.06 bits per heavy atom. The fourth-order valence-corrected chi connectivity index (χ4v) is 2.39. The van der Waals surface area contributed by atoms with Gasteiger partial charge in [-0.05, 0) is 42.9 Å². The van der Waals surface area contributed by atoms with Crippen molar-refractivity contribution in [2.45, 2.75) is 25.7 Å². The van der Waals surface area contributed by atoms with Crippen molar-refractivity contribution in [3.63, 3.8) is 0 Å². The van der Waals surface area contributed by atoms with Gasteiger partial charge in [0.1, 0.15) is 5.82 Å². The number of nitrogens with zero attached hydrogens (tertiary/aromatic N) is 1. The maximum absolute atomic E-state index is 14.3. The summed E-state index contributed by atoms with van der Waals surface area (Å²) in [6.45, 7) is 0. The molecule has 3 rings (SSSR count). The zero-order valence-electron chi connectivity index (χ0n) is 9.37. The summed E-state index contributed by atoms with van der Waals surface area (Å²) in [5.74, 6) is 0.490. The molecule has 0 atom stereocenters. The van der Waals surface area contributed by atoms with Gasteiger partial charge >= 0.3 is 0 Å². The number of aryl methyl sites for hydroxylation is 1. The van der Waals surface area contributed by atoms with Gasteiger partial charge in [-0.1, -0.05) is 11.2 Å². The van der Waals surface area contributed by atoms with Gasteiger partial charge in [-0.15, -0.1) is 0 Å². The topological polar surface area (TPSA) is 52.0 Å². The SMILES string of the molecule is Nc1cc(-c2ccc3c(c2F)CCCC3)on1. The number of nitrogens with two attached hydrogens (primary N) is 1. The molecule has 2 N–H and O–H groups in total. The Labute approximate surface area is 98.4 Å². The lowest BCUT2D eigenvalue weighted by molar-refractivity contribution is 0.432. The van der Waals surface area contributed by atoms with E-state index in [2.05, 4.69) is 5.16 Å². The number of benzene rings is 1. The third-order valence-electron chi connectivity index (χ3n) is 3.26. The van der Waals surface area contributed by atoms with Crippen molar-refractivity contribution < 1.29 is 8.91 Å². The molecule has 4 heteroatoms. The highest BCUT2D eigenvalue weighted by molar-refractivity contribution is 5.63. The van der Waals surface area contributed by atoms with Crippen LogP contribution in [0.15, 0.2) is 22.7 Å². The average Bonchev–Trinajstić information content (AvgIpc) is 2.77. The largest absolute Gasteiger partial charge is 0.381 e. The molecule has 1 aromatic carbocycles. The number of rotatable bonds is 1. The molecule has 1 aromatic heterocycles. The highest BCUT2D eigenvalue weighted by Crippen LogP contribution is 2.31. The van der Waals surface area contributed by atoms with Crippen molar-refractivity contribution >= 4 is 5.82 Å². The molecule has 0 saturated heterocycles. The summed E-state index contributed by atoms with van der Waals surface area (Å²) in [5, 5.41) is 3.58. The molecule has 0 radical (unpaired) electrons. The van der Waals surface area contributed by atoms with E-state index in [1.807, 2.05) is 6.07 Å². The summed E-state index contributed by atoms with van der Waals surface area (Å²) in [6.07, 6.45) is 3.96. The number of hydrogen-bond donors (Lipinski definition) is 1. The summed E-state index contributed by atoms with van der Waals surface area (Å²) in [5.41, 5.74) is 7.87. The van der Waals surface area contributed by atoms with Gasteiger partial charge in [0, 0.05) is 6.07 Å². The predicted octanol–water partition coefficient (Wildman–Crippen LogP) is 2.94. The van der Waals surface area contributed by atoms with E-state index in [4.69, 9.17) is 10.3 Å². The molecule has 17 heavy (non-hydrogen) atoms. The van der Waals surface area contributed by atoms with E-state index in [1.165, 1.54) is 0 Å². The molecule has 0 bridgehead atoms. The lowest BCUT2D eigenvalue weighted by Gasteiger charge is -2.17. The van der Waals surface area contributed by atoms with Crippen LogP contribution in [0.25, 0.3) is 11.3 Å². The van der Waals surface area contributed by atoms with Gasteiger partial charge in [0.25, 0.3) is 0 Å². The zero-order chi connectivity index (χ0) is 11.8. The monoisotopic (exact) mass is 232 g/mol. The van der Waals surface area contributed by atoms with E-state index < -0.39 is 0 Å². The summed E-state index contributed by atoms with van der Waals surface area (Å²) in [4.78, 5) is 0. The quantitative estimate of drug-likeness (QED) is 0.822. The maximum atomic E-state index is 14.3. The number of nitrogen functional groups attached to an aromatic ring is 1. The molecule has 0 aliphatic heterocycles. The summed E-state index contributed by atoms with van der Waals surface area (Å²) < 4.78 is 19.3. The van der Waals surface area contributed by atoms with Crippen LogP contribution in [0.1, 0.15) is 24.0 Å². The Bertz CT molecular complexity index is 563. The second-order valence-corrected chi connectivity index (χ2v) is 4.39. The van der Waals surface area contributed by atoms with Crippen molar-refractivity contribution in [3.05, 3.63) is 35.1 Å². The Morgan fingerprint density at radius 1 is 1.24 bits per heavy atom. The van der Waals surface area contributed by atoms with Crippen LogP contribution in [0, 0.1) is 5.82 Å². The summed E-state index contributed by atoms with van der Waals surface area (Å²) in [6, 6.07) is 5.28. The van der Waals surface area contributed by atoms with E-state index >= 15 is 0 Å². The maximum Gasteiger partial charge on any atom is 0.172 e. The zero-order valence-corrected chi connectivity index (χ0v) is 9.37. The predicted molar refractivity (Wildman–Crippen MR) is 63.0 cm³/mol. The van der Waals surface area contributed by atoms with Crippen molar-refractivity contribution in [1.82, 2.24) is 5.16 Å². The molecule has 88 valence electrons. The van der Waals surface area contributed by atoms with Crippen molar-refractivity contribution in [2.24, 2.45) is 0 Å². The number of aromatic nitrogens is 1. The van der Waals surface area contributed by atoms with Crippen LogP contribution in [0.4, 0.5) is 10.2 Å². The fraction of sp³-hybridized carbons (Fsp3) is 0.308. The van der Waals surface area contributed by atoms with Crippen LogP contribution in [0.2, 0.25) is 0 Å². The van der Waals surface area contributed by atoms with Gasteiger partial charge in [0.05, 0.1) is 5.56 Å². The Morgan fingerprint density at radius 3 is 2.82 bits per heavy atom. The molecule has 1 aliphatic carbocycles. The van der Waals surface area contributed by atoms with Crippen LogP contribution < -0.4 is 5.73 Å². The summed E-state index contributed by atoms with van der Waals surface area (Å²) >= 11 is 0. The molecule has 1 heterocycles. The van der Waals surface area contributed by atoms with E-state index in [9.17, 15) is 4.39 Å². The lowest BCUT2D eigenvalue weighted by Crippen LogP contribution is -2.06. The Kier molecular flexibility index (Phi) is 2.35. The molecule has 0 unspecified atom stereocenters. The second kappa shape index (κ2) is 3.87. The number of anilines is 1. The first-order valence-electron chi connectivity index (χ1n) is 5.78. The minimum atomic E-state index is -0.182. The van der Waals surface area contributed by atoms with Gasteiger partial charge in [-0.2, -0.15) is 0 Å². The smallest absolute Gasteiger partial charge is 0.172 e.